The largest absolute Gasteiger partial charge is 0.508 e. The van der Waals surface area contributed by atoms with Crippen molar-refractivity contribution in [1.29, 1.82) is 0 Å². The lowest BCUT2D eigenvalue weighted by molar-refractivity contribution is 0.475. The maximum atomic E-state index is 8.63. The van der Waals surface area contributed by atoms with Crippen molar-refractivity contribution >= 4 is 0 Å². The molecular formula is C52H64O4. The molecule has 0 spiro atoms. The zero-order chi connectivity index (χ0) is 39.2. The fourth-order valence-corrected chi connectivity index (χ4v) is 4.59. The molecule has 7 aromatic carbocycles. The molecule has 0 fully saturated rings. The Morgan fingerprint density at radius 2 is 0.411 bits per heavy atom. The summed E-state index contributed by atoms with van der Waals surface area (Å²) in [4.78, 5) is 0. The van der Waals surface area contributed by atoms with Gasteiger partial charge in [-0.25, -0.2) is 0 Å². The van der Waals surface area contributed by atoms with Gasteiger partial charge in [0.25, 0.3) is 0 Å². The monoisotopic (exact) mass is 752 g/mol. The number of phenols is 4. The molecule has 7 aromatic rings. The quantitative estimate of drug-likeness (QED) is 0.141. The van der Waals surface area contributed by atoms with E-state index in [1.807, 2.05) is 24.3 Å². The molecule has 0 radical (unpaired) electrons. The lowest BCUT2D eigenvalue weighted by Crippen LogP contribution is -1.83. The van der Waals surface area contributed by atoms with Crippen LogP contribution in [0.15, 0.2) is 194 Å². The van der Waals surface area contributed by atoms with E-state index >= 15 is 0 Å². The molecule has 0 heterocycles. The number of rotatable bonds is 5. The maximum Gasteiger partial charge on any atom is 0.115 e. The number of aryl methyl sites for hydroxylation is 4. The first-order valence-corrected chi connectivity index (χ1v) is 18.5. The van der Waals surface area contributed by atoms with Crippen LogP contribution >= 0.6 is 0 Å². The van der Waals surface area contributed by atoms with Gasteiger partial charge in [-0.05, 0) is 108 Å². The lowest BCUT2D eigenvalue weighted by atomic mass is 10.0. The summed E-state index contributed by atoms with van der Waals surface area (Å²) in [6, 6.07) is 61.4. The molecule has 7 rings (SSSR count). The minimum absolute atomic E-state index is 0. The number of para-hydroxylation sites is 4. The van der Waals surface area contributed by atoms with E-state index in [0.29, 0.717) is 23.0 Å². The topological polar surface area (TPSA) is 80.9 Å². The van der Waals surface area contributed by atoms with Gasteiger partial charge < -0.3 is 20.4 Å². The van der Waals surface area contributed by atoms with Gasteiger partial charge in [-0.1, -0.05) is 188 Å². The van der Waals surface area contributed by atoms with Crippen LogP contribution in [-0.2, 0) is 25.7 Å². The normalized spacial score (nSPS) is 9.00. The molecule has 4 heteroatoms. The van der Waals surface area contributed by atoms with Crippen LogP contribution in [0.5, 0.6) is 23.0 Å². The summed E-state index contributed by atoms with van der Waals surface area (Å²) >= 11 is 0. The van der Waals surface area contributed by atoms with Crippen LogP contribution in [0.1, 0.15) is 64.8 Å². The van der Waals surface area contributed by atoms with E-state index in [2.05, 4.69) is 100 Å². The Morgan fingerprint density at radius 3 is 0.536 bits per heavy atom. The molecular weight excluding hydrogens is 689 g/mol. The molecule has 56 heavy (non-hydrogen) atoms. The highest BCUT2D eigenvalue weighted by Crippen LogP contribution is 2.20. The van der Waals surface area contributed by atoms with Gasteiger partial charge in [0.05, 0.1) is 0 Å². The summed E-state index contributed by atoms with van der Waals surface area (Å²) in [7, 11) is 0. The summed E-state index contributed by atoms with van der Waals surface area (Å²) in [5.41, 5.74) is 8.26. The third-order valence-electron chi connectivity index (χ3n) is 7.92. The minimum Gasteiger partial charge on any atom is -0.508 e. The molecule has 0 saturated heterocycles. The third-order valence-corrected chi connectivity index (χ3v) is 7.92. The second-order valence-corrected chi connectivity index (χ2v) is 12.0. The van der Waals surface area contributed by atoms with Crippen LogP contribution in [-0.4, -0.2) is 20.4 Å². The Balaban J connectivity index is 0.000000668. The molecule has 0 bridgehead atoms. The van der Waals surface area contributed by atoms with Crippen molar-refractivity contribution in [3.63, 3.8) is 0 Å². The lowest BCUT2D eigenvalue weighted by Gasteiger charge is -2.04. The van der Waals surface area contributed by atoms with Crippen LogP contribution in [0.2, 0.25) is 0 Å². The first kappa shape index (κ1) is 49.7. The summed E-state index contributed by atoms with van der Waals surface area (Å²) < 4.78 is 0. The van der Waals surface area contributed by atoms with Crippen molar-refractivity contribution in [2.75, 3.05) is 0 Å². The predicted molar refractivity (Wildman–Crippen MR) is 242 cm³/mol. The minimum atomic E-state index is 0. The first-order valence-electron chi connectivity index (χ1n) is 18.5. The van der Waals surface area contributed by atoms with E-state index in [1.165, 1.54) is 33.4 Å². The summed E-state index contributed by atoms with van der Waals surface area (Å²) in [5.74, 6) is 1.29. The Bertz CT molecular complexity index is 1660. The summed E-state index contributed by atoms with van der Waals surface area (Å²) in [6.45, 7) is 8.73. The first-order chi connectivity index (χ1) is 26.3. The third kappa shape index (κ3) is 22.7. The van der Waals surface area contributed by atoms with E-state index in [9.17, 15) is 0 Å². The van der Waals surface area contributed by atoms with E-state index < -0.39 is 0 Å². The van der Waals surface area contributed by atoms with Crippen LogP contribution in [0, 0.1) is 0 Å². The number of aromatic hydroxyl groups is 4. The molecule has 0 aliphatic heterocycles. The van der Waals surface area contributed by atoms with Crippen molar-refractivity contribution in [3.05, 3.63) is 216 Å². The van der Waals surface area contributed by atoms with Gasteiger partial charge in [-0.2, -0.15) is 0 Å². The molecule has 4 N–H and O–H groups in total. The van der Waals surface area contributed by atoms with Crippen LogP contribution in [0.3, 0.4) is 0 Å². The van der Waals surface area contributed by atoms with Crippen molar-refractivity contribution in [3.8, 4) is 34.1 Å². The fourth-order valence-electron chi connectivity index (χ4n) is 4.59. The van der Waals surface area contributed by atoms with E-state index in [0.717, 1.165) is 25.7 Å². The van der Waals surface area contributed by atoms with E-state index in [-0.39, 0.29) is 14.9 Å². The highest BCUT2D eigenvalue weighted by Gasteiger charge is 1.97. The average molecular weight is 753 g/mol. The molecule has 4 nitrogen and oxygen atoms in total. The SMILES string of the molecule is C.C.CCc1ccc(-c2ccc(CC)cc2)cc1.CCc1ccc(CC)cc1.Oc1ccccc1.Oc1ccccc1.Oc1ccccc1.Oc1ccccc1. The Morgan fingerprint density at radius 1 is 0.250 bits per heavy atom. The molecule has 0 unspecified atom stereocenters. The molecule has 0 aliphatic rings. The molecule has 0 aliphatic carbocycles. The number of hydrogen-bond donors (Lipinski definition) is 4. The molecule has 0 saturated carbocycles. The van der Waals surface area contributed by atoms with Gasteiger partial charge in [0.15, 0.2) is 0 Å². The standard InChI is InChI=1S/C16H18.C10H14.4C6H6O.2CH4/c1-3-13-5-9-15(10-6-13)16-11-7-14(4-2)8-12-16;1-3-9-5-7-10(4-2)8-6-9;4*7-6-4-2-1-3-5-6;;/h5-12H,3-4H2,1-2H3;5-8H,3-4H2,1-2H3;4*1-5,7H;2*1H4. The zero-order valence-electron chi connectivity index (χ0n) is 32.1. The van der Waals surface area contributed by atoms with Crippen molar-refractivity contribution < 1.29 is 20.4 Å². The van der Waals surface area contributed by atoms with Crippen LogP contribution in [0.25, 0.3) is 11.1 Å². The average Bonchev–Trinajstić information content (AvgIpc) is 3.23. The highest BCUT2D eigenvalue weighted by molar-refractivity contribution is 5.64. The van der Waals surface area contributed by atoms with Gasteiger partial charge in [-0.3, -0.25) is 0 Å². The Kier molecular flexibility index (Phi) is 27.6. The summed E-state index contributed by atoms with van der Waals surface area (Å²) in [5, 5.41) is 34.5. The second kappa shape index (κ2) is 31.1. The smallest absolute Gasteiger partial charge is 0.115 e. The van der Waals surface area contributed by atoms with Crippen LogP contribution < -0.4 is 0 Å². The summed E-state index contributed by atoms with van der Waals surface area (Å²) in [6.07, 6.45) is 4.50. The van der Waals surface area contributed by atoms with Crippen molar-refractivity contribution in [2.24, 2.45) is 0 Å². The van der Waals surface area contributed by atoms with Crippen molar-refractivity contribution in [1.82, 2.24) is 0 Å². The Labute approximate surface area is 338 Å². The number of benzene rings is 7. The van der Waals surface area contributed by atoms with Gasteiger partial charge >= 0.3 is 0 Å². The zero-order valence-corrected chi connectivity index (χ0v) is 32.1. The highest BCUT2D eigenvalue weighted by atomic mass is 16.3. The second-order valence-electron chi connectivity index (χ2n) is 12.0. The maximum absolute atomic E-state index is 8.63. The van der Waals surface area contributed by atoms with Gasteiger partial charge in [0, 0.05) is 0 Å². The number of phenolic OH excluding ortho intramolecular Hbond substituents is 4. The van der Waals surface area contributed by atoms with Gasteiger partial charge in [0.2, 0.25) is 0 Å². The molecule has 0 amide bonds. The van der Waals surface area contributed by atoms with Gasteiger partial charge in [-0.15, -0.1) is 0 Å². The predicted octanol–water partition coefficient (Wildman–Crippen LogP) is 14.1. The molecule has 296 valence electrons. The number of hydrogen-bond acceptors (Lipinski definition) is 4. The van der Waals surface area contributed by atoms with E-state index in [4.69, 9.17) is 20.4 Å². The molecule has 0 atom stereocenters. The van der Waals surface area contributed by atoms with Crippen molar-refractivity contribution in [2.45, 2.75) is 68.2 Å². The molecule has 0 aromatic heterocycles. The van der Waals surface area contributed by atoms with Gasteiger partial charge in [0.1, 0.15) is 23.0 Å². The Hall–Kier alpha value is -6.26. The van der Waals surface area contributed by atoms with Crippen LogP contribution in [0.4, 0.5) is 0 Å². The van der Waals surface area contributed by atoms with E-state index in [1.54, 1.807) is 97.1 Å². The fraction of sp³-hybridized carbons (Fsp3) is 0.192.